The van der Waals surface area contributed by atoms with Crippen LogP contribution in [0.5, 0.6) is 0 Å². The monoisotopic (exact) mass is 283 g/mol. The van der Waals surface area contributed by atoms with E-state index in [2.05, 4.69) is 10.2 Å². The number of nitrogens with one attached hydrogen (secondary N) is 1. The third-order valence-corrected chi connectivity index (χ3v) is 4.48. The number of hydrogen-bond donors (Lipinski definition) is 1. The van der Waals surface area contributed by atoms with Gasteiger partial charge >= 0.3 is 0 Å². The molecule has 0 aromatic heterocycles. The molecule has 1 N–H and O–H groups in total. The van der Waals surface area contributed by atoms with Crippen LogP contribution in [0.3, 0.4) is 0 Å². The van der Waals surface area contributed by atoms with Gasteiger partial charge in [0.2, 0.25) is 11.8 Å². The summed E-state index contributed by atoms with van der Waals surface area (Å²) in [4.78, 5) is 28.9. The third kappa shape index (κ3) is 3.14. The van der Waals surface area contributed by atoms with E-state index in [4.69, 9.17) is 0 Å². The third-order valence-electron chi connectivity index (χ3n) is 4.48. The zero-order chi connectivity index (χ0) is 15.5. The Morgan fingerprint density at radius 1 is 1.30 bits per heavy atom. The molecule has 0 spiro atoms. The van der Waals surface area contributed by atoms with Gasteiger partial charge in [-0.3, -0.25) is 9.59 Å². The molecule has 5 nitrogen and oxygen atoms in total. The Labute approximate surface area is 122 Å². The molecule has 2 atom stereocenters. The molecule has 0 aromatic carbocycles. The molecule has 1 aliphatic rings. The minimum Gasteiger partial charge on any atom is -0.340 e. The van der Waals surface area contributed by atoms with Gasteiger partial charge in [0, 0.05) is 6.04 Å². The van der Waals surface area contributed by atoms with Crippen molar-refractivity contribution in [2.45, 2.75) is 64.6 Å². The quantitative estimate of drug-likeness (QED) is 0.798. The first-order valence-electron chi connectivity index (χ1n) is 7.58. The number of rotatable bonds is 6. The molecule has 2 amide bonds. The molecule has 1 rings (SSSR count). The molecule has 1 fully saturated rings. The van der Waals surface area contributed by atoms with Gasteiger partial charge in [0.25, 0.3) is 0 Å². The summed E-state index contributed by atoms with van der Waals surface area (Å²) in [5.74, 6) is 0.0332. The van der Waals surface area contributed by atoms with E-state index < -0.39 is 5.54 Å². The first-order valence-corrected chi connectivity index (χ1v) is 7.58. The summed E-state index contributed by atoms with van der Waals surface area (Å²) in [7, 11) is 4.03. The van der Waals surface area contributed by atoms with Crippen molar-refractivity contribution in [2.75, 3.05) is 20.6 Å². The summed E-state index contributed by atoms with van der Waals surface area (Å²) in [6.45, 7) is 8.67. The van der Waals surface area contributed by atoms with E-state index in [0.29, 0.717) is 12.8 Å². The lowest BCUT2D eigenvalue weighted by molar-refractivity contribution is -0.157. The second kappa shape index (κ2) is 6.57. The zero-order valence-electron chi connectivity index (χ0n) is 13.7. The van der Waals surface area contributed by atoms with Gasteiger partial charge in [-0.15, -0.1) is 0 Å². The summed E-state index contributed by atoms with van der Waals surface area (Å²) in [5, 5.41) is 2.94. The van der Waals surface area contributed by atoms with Gasteiger partial charge in [-0.2, -0.15) is 0 Å². The van der Waals surface area contributed by atoms with Crippen LogP contribution in [-0.2, 0) is 9.59 Å². The maximum atomic E-state index is 12.8. The lowest BCUT2D eigenvalue weighted by Gasteiger charge is -2.47. The fraction of sp³-hybridized carbons (Fsp3) is 0.867. The minimum absolute atomic E-state index is 0.0370. The average molecular weight is 283 g/mol. The Kier molecular flexibility index (Phi) is 5.57. The molecule has 5 heteroatoms. The van der Waals surface area contributed by atoms with Crippen molar-refractivity contribution in [2.24, 2.45) is 0 Å². The average Bonchev–Trinajstić information content (AvgIpc) is 2.41. The van der Waals surface area contributed by atoms with E-state index in [1.807, 2.05) is 41.8 Å². The van der Waals surface area contributed by atoms with Crippen LogP contribution in [0.25, 0.3) is 0 Å². The Balaban J connectivity index is 2.96. The molecule has 0 aliphatic carbocycles. The van der Waals surface area contributed by atoms with Gasteiger partial charge in [0.15, 0.2) is 0 Å². The first-order chi connectivity index (χ1) is 9.29. The number of carbonyl (C=O) groups is 2. The van der Waals surface area contributed by atoms with E-state index in [1.165, 1.54) is 0 Å². The molecule has 0 radical (unpaired) electrons. The molecule has 20 heavy (non-hydrogen) atoms. The standard InChI is InChI=1S/C15H29N3O2/c1-7-15(8-2)14(20)18(12(4)13(19)16-15)11(3)9-10-17(5)6/h11-12H,7-10H2,1-6H3,(H,16,19). The second-order valence-electron chi connectivity index (χ2n) is 6.11. The highest BCUT2D eigenvalue weighted by atomic mass is 16.2. The van der Waals surface area contributed by atoms with E-state index in [0.717, 1.165) is 13.0 Å². The summed E-state index contributed by atoms with van der Waals surface area (Å²) < 4.78 is 0. The van der Waals surface area contributed by atoms with Gasteiger partial charge in [-0.1, -0.05) is 13.8 Å². The normalized spacial score (nSPS) is 23.9. The van der Waals surface area contributed by atoms with Crippen molar-refractivity contribution in [3.8, 4) is 0 Å². The van der Waals surface area contributed by atoms with Crippen molar-refractivity contribution < 1.29 is 9.59 Å². The number of amides is 2. The van der Waals surface area contributed by atoms with Gasteiger partial charge in [0.1, 0.15) is 11.6 Å². The number of nitrogens with zero attached hydrogens (tertiary/aromatic N) is 2. The molecule has 1 heterocycles. The maximum Gasteiger partial charge on any atom is 0.249 e. The SMILES string of the molecule is CCC1(CC)NC(=O)C(C)N(C(C)CCN(C)C)C1=O. The Morgan fingerprint density at radius 3 is 2.30 bits per heavy atom. The first kappa shape index (κ1) is 17.0. The van der Waals surface area contributed by atoms with Gasteiger partial charge in [-0.25, -0.2) is 0 Å². The van der Waals surface area contributed by atoms with Gasteiger partial charge in [-0.05, 0) is 53.8 Å². The predicted octanol–water partition coefficient (Wildman–Crippen LogP) is 1.23. The van der Waals surface area contributed by atoms with E-state index in [1.54, 1.807) is 4.90 Å². The van der Waals surface area contributed by atoms with Crippen LogP contribution in [-0.4, -0.2) is 59.9 Å². The number of carbonyl (C=O) groups excluding carboxylic acids is 2. The highest BCUT2D eigenvalue weighted by Gasteiger charge is 2.48. The molecule has 1 saturated heterocycles. The summed E-state index contributed by atoms with van der Waals surface area (Å²) in [5.41, 5.74) is -0.712. The molecule has 0 aromatic rings. The lowest BCUT2D eigenvalue weighted by Crippen LogP contribution is -2.70. The number of hydrogen-bond acceptors (Lipinski definition) is 3. The van der Waals surface area contributed by atoms with Gasteiger partial charge in [0.05, 0.1) is 0 Å². The fourth-order valence-electron chi connectivity index (χ4n) is 2.84. The molecule has 1 aliphatic heterocycles. The second-order valence-corrected chi connectivity index (χ2v) is 6.11. The van der Waals surface area contributed by atoms with Crippen LogP contribution in [0, 0.1) is 0 Å². The fourth-order valence-corrected chi connectivity index (χ4v) is 2.84. The summed E-state index contributed by atoms with van der Waals surface area (Å²) in [6.07, 6.45) is 2.15. The van der Waals surface area contributed by atoms with Crippen molar-refractivity contribution >= 4 is 11.8 Å². The van der Waals surface area contributed by atoms with E-state index in [-0.39, 0.29) is 23.9 Å². The Bertz CT molecular complexity index is 364. The maximum absolute atomic E-state index is 12.8. The van der Waals surface area contributed by atoms with Crippen LogP contribution < -0.4 is 5.32 Å². The summed E-state index contributed by atoms with van der Waals surface area (Å²) in [6, 6.07) is -0.311. The molecular weight excluding hydrogens is 254 g/mol. The van der Waals surface area contributed by atoms with Crippen LogP contribution in [0.4, 0.5) is 0 Å². The van der Waals surface area contributed by atoms with Crippen LogP contribution in [0.15, 0.2) is 0 Å². The van der Waals surface area contributed by atoms with Crippen LogP contribution in [0.1, 0.15) is 47.0 Å². The van der Waals surface area contributed by atoms with Crippen molar-refractivity contribution in [1.29, 1.82) is 0 Å². The molecule has 0 bridgehead atoms. The molecular formula is C15H29N3O2. The van der Waals surface area contributed by atoms with E-state index >= 15 is 0 Å². The minimum atomic E-state index is -0.712. The van der Waals surface area contributed by atoms with Crippen molar-refractivity contribution in [1.82, 2.24) is 15.1 Å². The Hall–Kier alpha value is -1.10. The highest BCUT2D eigenvalue weighted by molar-refractivity contribution is 5.99. The smallest absolute Gasteiger partial charge is 0.249 e. The van der Waals surface area contributed by atoms with Crippen LogP contribution in [0.2, 0.25) is 0 Å². The van der Waals surface area contributed by atoms with Crippen molar-refractivity contribution in [3.05, 3.63) is 0 Å². The molecule has 116 valence electrons. The highest BCUT2D eigenvalue weighted by Crippen LogP contribution is 2.27. The largest absolute Gasteiger partial charge is 0.340 e. The molecule has 2 unspecified atom stereocenters. The number of piperazine rings is 1. The summed E-state index contributed by atoms with van der Waals surface area (Å²) >= 11 is 0. The topological polar surface area (TPSA) is 52.7 Å². The van der Waals surface area contributed by atoms with E-state index in [9.17, 15) is 9.59 Å². The van der Waals surface area contributed by atoms with Gasteiger partial charge < -0.3 is 15.1 Å². The lowest BCUT2D eigenvalue weighted by atomic mass is 9.86. The van der Waals surface area contributed by atoms with Crippen molar-refractivity contribution in [3.63, 3.8) is 0 Å². The predicted molar refractivity (Wildman–Crippen MR) is 80.4 cm³/mol. The zero-order valence-corrected chi connectivity index (χ0v) is 13.7. The molecule has 0 saturated carbocycles. The van der Waals surface area contributed by atoms with Crippen LogP contribution >= 0.6 is 0 Å². The Morgan fingerprint density at radius 2 is 1.85 bits per heavy atom.